The molecule has 142 valence electrons. The molecule has 1 aromatic rings. The number of amides is 3. The van der Waals surface area contributed by atoms with Crippen molar-refractivity contribution in [2.24, 2.45) is 0 Å². The molecule has 1 aromatic heterocycles. The maximum absolute atomic E-state index is 12.8. The molecule has 3 heterocycles. The summed E-state index contributed by atoms with van der Waals surface area (Å²) >= 11 is 0. The van der Waals surface area contributed by atoms with E-state index in [1.54, 1.807) is 22.8 Å². The highest BCUT2D eigenvalue weighted by Crippen LogP contribution is 2.13. The largest absolute Gasteiger partial charge is 0.472 e. The van der Waals surface area contributed by atoms with Crippen molar-refractivity contribution >= 4 is 17.7 Å². The van der Waals surface area contributed by atoms with Crippen LogP contribution in [-0.4, -0.2) is 95.7 Å². The molecule has 26 heavy (non-hydrogen) atoms. The van der Waals surface area contributed by atoms with Crippen LogP contribution >= 0.6 is 0 Å². The topological polar surface area (TPSA) is 77.3 Å². The fourth-order valence-corrected chi connectivity index (χ4v) is 3.54. The minimum Gasteiger partial charge on any atom is -0.472 e. The molecule has 3 amide bonds. The van der Waals surface area contributed by atoms with Crippen LogP contribution in [0.2, 0.25) is 0 Å². The summed E-state index contributed by atoms with van der Waals surface area (Å²) in [5, 5.41) is 0. The summed E-state index contributed by atoms with van der Waals surface area (Å²) in [5.41, 5.74) is 0.561. The third-order valence-electron chi connectivity index (χ3n) is 5.31. The lowest BCUT2D eigenvalue weighted by Crippen LogP contribution is -2.58. The predicted octanol–water partition coefficient (Wildman–Crippen LogP) is 0.117. The number of furan rings is 1. The molecule has 0 aliphatic carbocycles. The second-order valence-corrected chi connectivity index (χ2v) is 6.85. The van der Waals surface area contributed by atoms with Gasteiger partial charge in [-0.1, -0.05) is 0 Å². The number of nitrogens with zero attached hydrogens (tertiary/aromatic N) is 4. The molecule has 0 radical (unpaired) electrons. The normalized spacial score (nSPS) is 20.2. The fourth-order valence-electron chi connectivity index (χ4n) is 3.54. The van der Waals surface area contributed by atoms with Gasteiger partial charge in [-0.15, -0.1) is 0 Å². The minimum absolute atomic E-state index is 0.0299. The number of hydrogen-bond donors (Lipinski definition) is 0. The van der Waals surface area contributed by atoms with Gasteiger partial charge in [0.1, 0.15) is 6.26 Å². The zero-order chi connectivity index (χ0) is 18.7. The highest BCUT2D eigenvalue weighted by Gasteiger charge is 2.32. The smallest absolute Gasteiger partial charge is 0.257 e. The molecule has 0 spiro atoms. The van der Waals surface area contributed by atoms with Crippen molar-refractivity contribution in [3.8, 4) is 0 Å². The summed E-state index contributed by atoms with van der Waals surface area (Å²) in [6.45, 7) is 8.38. The Morgan fingerprint density at radius 2 is 1.50 bits per heavy atom. The van der Waals surface area contributed by atoms with E-state index in [4.69, 9.17) is 4.42 Å². The minimum atomic E-state index is -0.218. The number of hydrogen-bond acceptors (Lipinski definition) is 5. The molecule has 1 atom stereocenters. The molecule has 2 fully saturated rings. The monoisotopic (exact) mass is 362 g/mol. The van der Waals surface area contributed by atoms with E-state index in [1.165, 1.54) is 12.5 Å². The van der Waals surface area contributed by atoms with Gasteiger partial charge >= 0.3 is 0 Å². The van der Waals surface area contributed by atoms with Gasteiger partial charge in [0, 0.05) is 59.3 Å². The third-order valence-corrected chi connectivity index (χ3v) is 5.31. The second-order valence-electron chi connectivity index (χ2n) is 6.85. The summed E-state index contributed by atoms with van der Waals surface area (Å²) in [5.74, 6) is 0.129. The SMILES string of the molecule is CC(=O)N1CCN(C(=O)C(C)N2CCN(C(=O)c3ccoc3)CC2)CC1. The van der Waals surface area contributed by atoms with Crippen LogP contribution in [0, 0.1) is 0 Å². The summed E-state index contributed by atoms with van der Waals surface area (Å²) in [4.78, 5) is 44.0. The first kappa shape index (κ1) is 18.4. The maximum Gasteiger partial charge on any atom is 0.257 e. The Kier molecular flexibility index (Phi) is 5.61. The van der Waals surface area contributed by atoms with Gasteiger partial charge in [0.15, 0.2) is 0 Å². The van der Waals surface area contributed by atoms with Gasteiger partial charge in [-0.3, -0.25) is 19.3 Å². The summed E-state index contributed by atoms with van der Waals surface area (Å²) in [7, 11) is 0. The van der Waals surface area contributed by atoms with Crippen LogP contribution in [0.25, 0.3) is 0 Å². The van der Waals surface area contributed by atoms with Crippen LogP contribution in [0.15, 0.2) is 23.0 Å². The van der Waals surface area contributed by atoms with Gasteiger partial charge in [-0.2, -0.15) is 0 Å². The molecule has 1 unspecified atom stereocenters. The molecule has 2 aliphatic heterocycles. The summed E-state index contributed by atoms with van der Waals surface area (Å²) in [6, 6.07) is 1.45. The number of rotatable bonds is 3. The molecular formula is C18H26N4O4. The van der Waals surface area contributed by atoms with E-state index >= 15 is 0 Å². The van der Waals surface area contributed by atoms with Crippen LogP contribution in [0.1, 0.15) is 24.2 Å². The Morgan fingerprint density at radius 3 is 2.04 bits per heavy atom. The lowest BCUT2D eigenvalue weighted by atomic mass is 10.1. The summed E-state index contributed by atoms with van der Waals surface area (Å²) < 4.78 is 4.97. The number of carbonyl (C=O) groups excluding carboxylic acids is 3. The molecule has 2 saturated heterocycles. The first-order chi connectivity index (χ1) is 12.5. The lowest BCUT2D eigenvalue weighted by molar-refractivity contribution is -0.142. The Hall–Kier alpha value is -2.35. The van der Waals surface area contributed by atoms with Crippen LogP contribution < -0.4 is 0 Å². The van der Waals surface area contributed by atoms with Crippen molar-refractivity contribution in [2.45, 2.75) is 19.9 Å². The van der Waals surface area contributed by atoms with Crippen LogP contribution in [-0.2, 0) is 9.59 Å². The molecular weight excluding hydrogens is 336 g/mol. The van der Waals surface area contributed by atoms with E-state index in [2.05, 4.69) is 4.90 Å². The van der Waals surface area contributed by atoms with Gasteiger partial charge in [0.2, 0.25) is 11.8 Å². The van der Waals surface area contributed by atoms with Crippen LogP contribution in [0.4, 0.5) is 0 Å². The Balaban J connectivity index is 1.49. The second kappa shape index (κ2) is 7.90. The fraction of sp³-hybridized carbons (Fsp3) is 0.611. The first-order valence-corrected chi connectivity index (χ1v) is 9.07. The number of carbonyl (C=O) groups is 3. The molecule has 0 saturated carbocycles. The van der Waals surface area contributed by atoms with Gasteiger partial charge in [-0.25, -0.2) is 0 Å². The summed E-state index contributed by atoms with van der Waals surface area (Å²) in [6.07, 6.45) is 2.96. The van der Waals surface area contributed by atoms with Crippen molar-refractivity contribution in [3.05, 3.63) is 24.2 Å². The standard InChI is InChI=1S/C18H26N4O4/c1-14(17(24)21-10-6-20(7-11-21)15(2)23)19-4-8-22(9-5-19)18(25)16-3-12-26-13-16/h3,12-14H,4-11H2,1-2H3. The van der Waals surface area contributed by atoms with Crippen molar-refractivity contribution in [2.75, 3.05) is 52.4 Å². The maximum atomic E-state index is 12.8. The van der Waals surface area contributed by atoms with Crippen LogP contribution in [0.5, 0.6) is 0 Å². The average molecular weight is 362 g/mol. The predicted molar refractivity (Wildman–Crippen MR) is 94.5 cm³/mol. The zero-order valence-corrected chi connectivity index (χ0v) is 15.4. The average Bonchev–Trinajstić information content (AvgIpc) is 3.21. The van der Waals surface area contributed by atoms with Crippen molar-refractivity contribution in [1.82, 2.24) is 19.6 Å². The van der Waals surface area contributed by atoms with E-state index in [0.717, 1.165) is 0 Å². The van der Waals surface area contributed by atoms with E-state index in [9.17, 15) is 14.4 Å². The van der Waals surface area contributed by atoms with E-state index < -0.39 is 0 Å². The van der Waals surface area contributed by atoms with Crippen molar-refractivity contribution in [1.29, 1.82) is 0 Å². The Labute approximate surface area is 153 Å². The van der Waals surface area contributed by atoms with Gasteiger partial charge in [0.25, 0.3) is 5.91 Å². The molecule has 0 N–H and O–H groups in total. The van der Waals surface area contributed by atoms with E-state index in [1.807, 2.05) is 11.8 Å². The van der Waals surface area contributed by atoms with Gasteiger partial charge < -0.3 is 19.1 Å². The molecule has 0 bridgehead atoms. The Morgan fingerprint density at radius 1 is 0.923 bits per heavy atom. The van der Waals surface area contributed by atoms with E-state index in [-0.39, 0.29) is 23.8 Å². The van der Waals surface area contributed by atoms with E-state index in [0.29, 0.717) is 57.9 Å². The van der Waals surface area contributed by atoms with Gasteiger partial charge in [-0.05, 0) is 13.0 Å². The van der Waals surface area contributed by atoms with Gasteiger partial charge in [0.05, 0.1) is 17.9 Å². The molecule has 0 aromatic carbocycles. The lowest BCUT2D eigenvalue weighted by Gasteiger charge is -2.40. The molecule has 3 rings (SSSR count). The highest BCUT2D eigenvalue weighted by molar-refractivity contribution is 5.93. The van der Waals surface area contributed by atoms with Crippen molar-refractivity contribution < 1.29 is 18.8 Å². The number of piperazine rings is 2. The first-order valence-electron chi connectivity index (χ1n) is 9.07. The quantitative estimate of drug-likeness (QED) is 0.763. The Bertz CT molecular complexity index is 644. The molecule has 2 aliphatic rings. The van der Waals surface area contributed by atoms with Crippen LogP contribution in [0.3, 0.4) is 0 Å². The highest BCUT2D eigenvalue weighted by atomic mass is 16.3. The third kappa shape index (κ3) is 3.90. The van der Waals surface area contributed by atoms with Crippen molar-refractivity contribution in [3.63, 3.8) is 0 Å². The molecule has 8 heteroatoms. The molecule has 8 nitrogen and oxygen atoms in total. The zero-order valence-electron chi connectivity index (χ0n) is 15.4.